The average molecular weight is 200 g/mol. The molecule has 0 aliphatic heterocycles. The summed E-state index contributed by atoms with van der Waals surface area (Å²) in [6.07, 6.45) is 0.632. The van der Waals surface area contributed by atoms with Crippen molar-refractivity contribution in [2.45, 2.75) is 5.38 Å². The lowest BCUT2D eigenvalue weighted by molar-refractivity contribution is -0.107. The maximum absolute atomic E-state index is 10.4. The molecule has 0 heterocycles. The lowest BCUT2D eigenvalue weighted by Crippen LogP contribution is -1.99. The van der Waals surface area contributed by atoms with E-state index in [0.29, 0.717) is 23.3 Å². The van der Waals surface area contributed by atoms with Gasteiger partial charge in [0.05, 0.1) is 7.11 Å². The summed E-state index contributed by atoms with van der Waals surface area (Å²) in [5, 5.41) is -0.713. The van der Waals surface area contributed by atoms with Crippen LogP contribution in [0.3, 0.4) is 0 Å². The van der Waals surface area contributed by atoms with Crippen LogP contribution in [0.2, 0.25) is 0 Å². The molecule has 4 heteroatoms. The standard InChI is InChI=1S/C9H10ClNO2/c1-13-6-2-3-9(11)7(4-6)8(10)5-12/h2-5,8H,11H2,1H3. The number of anilines is 1. The Morgan fingerprint density at radius 1 is 1.62 bits per heavy atom. The molecule has 2 N–H and O–H groups in total. The molecule has 0 aliphatic rings. The van der Waals surface area contributed by atoms with E-state index in [1.165, 1.54) is 0 Å². The minimum absolute atomic E-state index is 0.493. The number of carbonyl (C=O) groups is 1. The van der Waals surface area contributed by atoms with Crippen LogP contribution in [0.25, 0.3) is 0 Å². The van der Waals surface area contributed by atoms with E-state index in [-0.39, 0.29) is 0 Å². The summed E-state index contributed by atoms with van der Waals surface area (Å²) in [6, 6.07) is 5.03. The Hall–Kier alpha value is -1.22. The van der Waals surface area contributed by atoms with Crippen molar-refractivity contribution in [2.75, 3.05) is 12.8 Å². The van der Waals surface area contributed by atoms with E-state index in [4.69, 9.17) is 22.1 Å². The summed E-state index contributed by atoms with van der Waals surface area (Å²) in [6.45, 7) is 0. The van der Waals surface area contributed by atoms with E-state index in [0.717, 1.165) is 0 Å². The molecule has 1 unspecified atom stereocenters. The molecule has 1 atom stereocenters. The van der Waals surface area contributed by atoms with Gasteiger partial charge in [-0.2, -0.15) is 0 Å². The molecule has 0 aromatic heterocycles. The molecule has 0 saturated carbocycles. The van der Waals surface area contributed by atoms with Gasteiger partial charge in [0.2, 0.25) is 0 Å². The van der Waals surface area contributed by atoms with Crippen LogP contribution in [-0.4, -0.2) is 13.4 Å². The molecular formula is C9H10ClNO2. The van der Waals surface area contributed by atoms with Crippen molar-refractivity contribution in [1.29, 1.82) is 0 Å². The predicted octanol–water partition coefficient (Wildman–Crippen LogP) is 1.76. The molecule has 0 aliphatic carbocycles. The van der Waals surface area contributed by atoms with Crippen molar-refractivity contribution in [2.24, 2.45) is 0 Å². The lowest BCUT2D eigenvalue weighted by atomic mass is 10.1. The summed E-state index contributed by atoms with van der Waals surface area (Å²) in [7, 11) is 1.54. The Morgan fingerprint density at radius 2 is 2.31 bits per heavy atom. The fourth-order valence-electron chi connectivity index (χ4n) is 0.992. The average Bonchev–Trinajstić information content (AvgIpc) is 2.17. The number of ether oxygens (including phenoxy) is 1. The van der Waals surface area contributed by atoms with Crippen LogP contribution in [0.4, 0.5) is 5.69 Å². The highest BCUT2D eigenvalue weighted by atomic mass is 35.5. The Morgan fingerprint density at radius 3 is 2.85 bits per heavy atom. The molecule has 1 aromatic rings. The number of rotatable bonds is 3. The zero-order chi connectivity index (χ0) is 9.84. The highest BCUT2D eigenvalue weighted by Gasteiger charge is 2.10. The van der Waals surface area contributed by atoms with E-state index < -0.39 is 5.38 Å². The number of halogens is 1. The first kappa shape index (κ1) is 9.86. The number of hydrogen-bond donors (Lipinski definition) is 1. The van der Waals surface area contributed by atoms with Gasteiger partial charge in [0.25, 0.3) is 0 Å². The molecule has 0 saturated heterocycles. The maximum atomic E-state index is 10.4. The van der Waals surface area contributed by atoms with Gasteiger partial charge in [-0.05, 0) is 18.2 Å². The lowest BCUT2D eigenvalue weighted by Gasteiger charge is -2.08. The summed E-state index contributed by atoms with van der Waals surface area (Å²) in [5.74, 6) is 0.636. The number of hydrogen-bond acceptors (Lipinski definition) is 3. The third-order valence-corrected chi connectivity index (χ3v) is 2.05. The van der Waals surface area contributed by atoms with Gasteiger partial charge in [0.15, 0.2) is 0 Å². The highest BCUT2D eigenvalue weighted by Crippen LogP contribution is 2.27. The third kappa shape index (κ3) is 2.12. The number of nitrogens with two attached hydrogens (primary N) is 1. The Balaban J connectivity index is 3.10. The Kier molecular flexibility index (Phi) is 3.14. The first-order chi connectivity index (χ1) is 6.19. The minimum Gasteiger partial charge on any atom is -0.497 e. The molecule has 1 rings (SSSR count). The topological polar surface area (TPSA) is 52.3 Å². The van der Waals surface area contributed by atoms with Crippen molar-refractivity contribution >= 4 is 23.6 Å². The number of benzene rings is 1. The molecule has 13 heavy (non-hydrogen) atoms. The quantitative estimate of drug-likeness (QED) is 0.459. The van der Waals surface area contributed by atoms with Gasteiger partial charge in [-0.1, -0.05) is 0 Å². The van der Waals surface area contributed by atoms with Crippen molar-refractivity contribution in [1.82, 2.24) is 0 Å². The second-order valence-electron chi connectivity index (χ2n) is 2.53. The van der Waals surface area contributed by atoms with Gasteiger partial charge in [0.1, 0.15) is 17.4 Å². The summed E-state index contributed by atoms with van der Waals surface area (Å²) >= 11 is 5.72. The van der Waals surface area contributed by atoms with Gasteiger partial charge in [0, 0.05) is 11.3 Å². The van der Waals surface area contributed by atoms with Crippen LogP contribution >= 0.6 is 11.6 Å². The van der Waals surface area contributed by atoms with Crippen LogP contribution < -0.4 is 10.5 Å². The summed E-state index contributed by atoms with van der Waals surface area (Å²) in [5.41, 5.74) is 6.69. The van der Waals surface area contributed by atoms with E-state index in [1.807, 2.05) is 0 Å². The molecular weight excluding hydrogens is 190 g/mol. The van der Waals surface area contributed by atoms with Crippen molar-refractivity contribution < 1.29 is 9.53 Å². The van der Waals surface area contributed by atoms with Crippen LogP contribution in [-0.2, 0) is 4.79 Å². The summed E-state index contributed by atoms with van der Waals surface area (Å²) in [4.78, 5) is 10.4. The number of aldehydes is 1. The van der Waals surface area contributed by atoms with Crippen molar-refractivity contribution in [3.05, 3.63) is 23.8 Å². The Bertz CT molecular complexity index is 314. The van der Waals surface area contributed by atoms with Crippen molar-refractivity contribution in [3.8, 4) is 5.75 Å². The van der Waals surface area contributed by atoms with Crippen LogP contribution in [0, 0.1) is 0 Å². The number of carbonyl (C=O) groups excluding carboxylic acids is 1. The van der Waals surface area contributed by atoms with Crippen LogP contribution in [0.1, 0.15) is 10.9 Å². The number of nitrogen functional groups attached to an aromatic ring is 1. The third-order valence-electron chi connectivity index (χ3n) is 1.71. The molecule has 0 fully saturated rings. The molecule has 1 aromatic carbocycles. The van der Waals surface area contributed by atoms with Gasteiger partial charge in [-0.15, -0.1) is 11.6 Å². The van der Waals surface area contributed by atoms with Crippen LogP contribution in [0.5, 0.6) is 5.75 Å². The van der Waals surface area contributed by atoms with Gasteiger partial charge >= 0.3 is 0 Å². The van der Waals surface area contributed by atoms with Gasteiger partial charge in [-0.3, -0.25) is 0 Å². The van der Waals surface area contributed by atoms with E-state index in [1.54, 1.807) is 25.3 Å². The van der Waals surface area contributed by atoms with Crippen molar-refractivity contribution in [3.63, 3.8) is 0 Å². The van der Waals surface area contributed by atoms with E-state index in [2.05, 4.69) is 0 Å². The first-order valence-electron chi connectivity index (χ1n) is 3.72. The number of methoxy groups -OCH3 is 1. The molecule has 0 radical (unpaired) electrons. The summed E-state index contributed by atoms with van der Waals surface area (Å²) < 4.78 is 4.97. The smallest absolute Gasteiger partial charge is 0.142 e. The highest BCUT2D eigenvalue weighted by molar-refractivity contribution is 6.28. The number of alkyl halides is 1. The largest absolute Gasteiger partial charge is 0.497 e. The monoisotopic (exact) mass is 199 g/mol. The van der Waals surface area contributed by atoms with E-state index >= 15 is 0 Å². The van der Waals surface area contributed by atoms with Gasteiger partial charge in [-0.25, -0.2) is 0 Å². The molecule has 0 bridgehead atoms. The van der Waals surface area contributed by atoms with Gasteiger partial charge < -0.3 is 15.3 Å². The molecule has 0 amide bonds. The molecule has 0 spiro atoms. The normalized spacial score (nSPS) is 12.2. The fraction of sp³-hybridized carbons (Fsp3) is 0.222. The molecule has 70 valence electrons. The zero-order valence-electron chi connectivity index (χ0n) is 7.16. The van der Waals surface area contributed by atoms with Crippen LogP contribution in [0.15, 0.2) is 18.2 Å². The second-order valence-corrected chi connectivity index (χ2v) is 3.00. The molecule has 3 nitrogen and oxygen atoms in total. The Labute approximate surface area is 81.4 Å². The first-order valence-corrected chi connectivity index (χ1v) is 4.15. The second kappa shape index (κ2) is 4.14. The predicted molar refractivity (Wildman–Crippen MR) is 52.1 cm³/mol. The van der Waals surface area contributed by atoms with E-state index in [9.17, 15) is 4.79 Å². The SMILES string of the molecule is COc1ccc(N)c(C(Cl)C=O)c1. The maximum Gasteiger partial charge on any atom is 0.142 e. The fourth-order valence-corrected chi connectivity index (χ4v) is 1.18. The minimum atomic E-state index is -0.713. The zero-order valence-corrected chi connectivity index (χ0v) is 7.91.